The molecule has 0 bridgehead atoms. The Bertz CT molecular complexity index is 1000. The van der Waals surface area contributed by atoms with E-state index in [-0.39, 0.29) is 11.8 Å². The Morgan fingerprint density at radius 3 is 2.93 bits per heavy atom. The Morgan fingerprint density at radius 1 is 1.30 bits per heavy atom. The Hall–Kier alpha value is -2.60. The highest BCUT2D eigenvalue weighted by molar-refractivity contribution is 6.33. The topological polar surface area (TPSA) is 71.3 Å². The molecule has 2 aromatic heterocycles. The van der Waals surface area contributed by atoms with Crippen molar-refractivity contribution in [2.24, 2.45) is 5.92 Å². The molecule has 1 fully saturated rings. The number of halogens is 1. The number of nitrogens with zero attached hydrogens (tertiary/aromatic N) is 3. The standard InChI is InChI=1S/C20H21ClN4O2/c1-12-13(2)27-20-17(12)18(22-11-23-20)25-9-5-6-14(10-25)19(26)24-16-8-4-3-7-15(16)21/h3-4,7-8,11,14H,5-6,9-10H2,1-2H3,(H,24,26)/t14-/m1/s1. The van der Waals surface area contributed by atoms with Gasteiger partial charge < -0.3 is 14.6 Å². The van der Waals surface area contributed by atoms with Gasteiger partial charge in [-0.1, -0.05) is 23.7 Å². The molecule has 0 spiro atoms. The minimum atomic E-state index is -0.131. The fourth-order valence-electron chi connectivity index (χ4n) is 3.58. The summed E-state index contributed by atoms with van der Waals surface area (Å²) < 4.78 is 5.72. The van der Waals surface area contributed by atoms with E-state index < -0.39 is 0 Å². The number of rotatable bonds is 3. The quantitative estimate of drug-likeness (QED) is 0.726. The van der Waals surface area contributed by atoms with Crippen molar-refractivity contribution >= 4 is 40.1 Å². The van der Waals surface area contributed by atoms with Gasteiger partial charge in [0.2, 0.25) is 11.6 Å². The van der Waals surface area contributed by atoms with E-state index >= 15 is 0 Å². The van der Waals surface area contributed by atoms with Crippen LogP contribution in [0.25, 0.3) is 11.1 Å². The average molecular weight is 385 g/mol. The number of carbonyl (C=O) groups excluding carboxylic acids is 1. The van der Waals surface area contributed by atoms with E-state index in [1.165, 1.54) is 6.33 Å². The molecule has 1 aliphatic heterocycles. The van der Waals surface area contributed by atoms with Gasteiger partial charge in [0.15, 0.2) is 0 Å². The minimum Gasteiger partial charge on any atom is -0.443 e. The third kappa shape index (κ3) is 3.37. The van der Waals surface area contributed by atoms with Gasteiger partial charge in [0.25, 0.3) is 0 Å². The highest BCUT2D eigenvalue weighted by Crippen LogP contribution is 2.33. The summed E-state index contributed by atoms with van der Waals surface area (Å²) in [5.74, 6) is 1.54. The number of furan rings is 1. The van der Waals surface area contributed by atoms with Gasteiger partial charge in [-0.15, -0.1) is 0 Å². The molecule has 140 valence electrons. The molecule has 6 nitrogen and oxygen atoms in total. The molecule has 0 saturated carbocycles. The number of hydrogen-bond acceptors (Lipinski definition) is 5. The molecule has 1 N–H and O–H groups in total. The summed E-state index contributed by atoms with van der Waals surface area (Å²) in [5.41, 5.74) is 2.29. The molecule has 0 radical (unpaired) electrons. The number of piperidine rings is 1. The molecule has 1 amide bonds. The number of anilines is 2. The SMILES string of the molecule is Cc1oc2ncnc(N3CCC[C@@H](C(=O)Nc4ccccc4Cl)C3)c2c1C. The van der Waals surface area contributed by atoms with Crippen LogP contribution in [0.3, 0.4) is 0 Å². The number of benzene rings is 1. The summed E-state index contributed by atoms with van der Waals surface area (Å²) in [6.45, 7) is 5.40. The number of nitrogens with one attached hydrogen (secondary N) is 1. The first-order valence-electron chi connectivity index (χ1n) is 9.05. The first kappa shape index (κ1) is 17.8. The van der Waals surface area contributed by atoms with Gasteiger partial charge >= 0.3 is 0 Å². The Labute approximate surface area is 162 Å². The zero-order chi connectivity index (χ0) is 19.0. The second kappa shape index (κ2) is 7.19. The lowest BCUT2D eigenvalue weighted by Crippen LogP contribution is -2.41. The van der Waals surface area contributed by atoms with Crippen molar-refractivity contribution < 1.29 is 9.21 Å². The van der Waals surface area contributed by atoms with Crippen molar-refractivity contribution in [3.8, 4) is 0 Å². The van der Waals surface area contributed by atoms with E-state index in [4.69, 9.17) is 16.0 Å². The summed E-state index contributed by atoms with van der Waals surface area (Å²) >= 11 is 6.16. The van der Waals surface area contributed by atoms with Crippen molar-refractivity contribution in [1.82, 2.24) is 9.97 Å². The zero-order valence-electron chi connectivity index (χ0n) is 15.3. The van der Waals surface area contributed by atoms with Crippen molar-refractivity contribution in [2.45, 2.75) is 26.7 Å². The molecule has 0 unspecified atom stereocenters. The predicted octanol–water partition coefficient (Wildman–Crippen LogP) is 4.35. The van der Waals surface area contributed by atoms with Crippen LogP contribution in [0.4, 0.5) is 11.5 Å². The van der Waals surface area contributed by atoms with Gasteiger partial charge in [-0.05, 0) is 38.8 Å². The van der Waals surface area contributed by atoms with E-state index in [0.717, 1.165) is 41.9 Å². The highest BCUT2D eigenvalue weighted by atomic mass is 35.5. The Kier molecular flexibility index (Phi) is 4.74. The highest BCUT2D eigenvalue weighted by Gasteiger charge is 2.29. The molecule has 1 saturated heterocycles. The lowest BCUT2D eigenvalue weighted by molar-refractivity contribution is -0.120. The van der Waals surface area contributed by atoms with Gasteiger partial charge in [0.1, 0.15) is 17.9 Å². The molecule has 3 aromatic rings. The van der Waals surface area contributed by atoms with Crippen molar-refractivity contribution in [1.29, 1.82) is 0 Å². The molecule has 4 rings (SSSR count). The number of aryl methyl sites for hydroxylation is 2. The van der Waals surface area contributed by atoms with Gasteiger partial charge in [-0.25, -0.2) is 9.97 Å². The van der Waals surface area contributed by atoms with Crippen LogP contribution in [0.1, 0.15) is 24.2 Å². The summed E-state index contributed by atoms with van der Waals surface area (Å²) in [7, 11) is 0. The van der Waals surface area contributed by atoms with E-state index in [0.29, 0.717) is 23.0 Å². The summed E-state index contributed by atoms with van der Waals surface area (Å²) in [6.07, 6.45) is 3.28. The second-order valence-corrected chi connectivity index (χ2v) is 7.32. The molecule has 7 heteroatoms. The lowest BCUT2D eigenvalue weighted by atomic mass is 9.96. The largest absolute Gasteiger partial charge is 0.443 e. The maximum Gasteiger partial charge on any atom is 0.231 e. The van der Waals surface area contributed by atoms with Crippen LogP contribution in [0, 0.1) is 19.8 Å². The maximum absolute atomic E-state index is 12.8. The van der Waals surface area contributed by atoms with Crippen molar-refractivity contribution in [3.63, 3.8) is 0 Å². The number of fused-ring (bicyclic) bond motifs is 1. The third-order valence-corrected chi connectivity index (χ3v) is 5.50. The van der Waals surface area contributed by atoms with Gasteiger partial charge in [-0.2, -0.15) is 0 Å². The third-order valence-electron chi connectivity index (χ3n) is 5.17. The van der Waals surface area contributed by atoms with E-state index in [9.17, 15) is 4.79 Å². The van der Waals surface area contributed by atoms with Crippen LogP contribution in [0.15, 0.2) is 35.0 Å². The van der Waals surface area contributed by atoms with E-state index in [1.807, 2.05) is 32.0 Å². The van der Waals surface area contributed by atoms with Crippen molar-refractivity contribution in [3.05, 3.63) is 46.9 Å². The predicted molar refractivity (Wildman–Crippen MR) is 106 cm³/mol. The monoisotopic (exact) mass is 384 g/mol. The number of aromatic nitrogens is 2. The van der Waals surface area contributed by atoms with Crippen LogP contribution in [-0.2, 0) is 4.79 Å². The smallest absolute Gasteiger partial charge is 0.231 e. The van der Waals surface area contributed by atoms with Crippen LogP contribution >= 0.6 is 11.6 Å². The maximum atomic E-state index is 12.8. The fraction of sp³-hybridized carbons (Fsp3) is 0.350. The van der Waals surface area contributed by atoms with Gasteiger partial charge in [0.05, 0.1) is 22.0 Å². The first-order chi connectivity index (χ1) is 13.0. The normalized spacial score (nSPS) is 17.3. The summed E-state index contributed by atoms with van der Waals surface area (Å²) in [6, 6.07) is 7.28. The van der Waals surface area contributed by atoms with Crippen LogP contribution in [0.2, 0.25) is 5.02 Å². The second-order valence-electron chi connectivity index (χ2n) is 6.91. The van der Waals surface area contributed by atoms with Crippen LogP contribution in [0.5, 0.6) is 0 Å². The zero-order valence-corrected chi connectivity index (χ0v) is 16.1. The molecular formula is C20H21ClN4O2. The molecule has 0 aliphatic carbocycles. The van der Waals surface area contributed by atoms with E-state index in [2.05, 4.69) is 20.2 Å². The molecule has 27 heavy (non-hydrogen) atoms. The lowest BCUT2D eigenvalue weighted by Gasteiger charge is -2.33. The minimum absolute atomic E-state index is 0.0156. The summed E-state index contributed by atoms with van der Waals surface area (Å²) in [4.78, 5) is 23.7. The van der Waals surface area contributed by atoms with Crippen LogP contribution in [-0.4, -0.2) is 29.0 Å². The molecule has 1 atom stereocenters. The number of carbonyl (C=O) groups is 1. The number of hydrogen-bond donors (Lipinski definition) is 1. The molecule has 3 heterocycles. The first-order valence-corrected chi connectivity index (χ1v) is 9.43. The molecular weight excluding hydrogens is 364 g/mol. The van der Waals surface area contributed by atoms with Gasteiger partial charge in [0, 0.05) is 18.7 Å². The van der Waals surface area contributed by atoms with Crippen molar-refractivity contribution in [2.75, 3.05) is 23.3 Å². The average Bonchev–Trinajstić information content (AvgIpc) is 2.98. The Balaban J connectivity index is 1.57. The van der Waals surface area contributed by atoms with E-state index in [1.54, 1.807) is 6.07 Å². The summed E-state index contributed by atoms with van der Waals surface area (Å²) in [5, 5.41) is 4.43. The molecule has 1 aromatic carbocycles. The van der Waals surface area contributed by atoms with Crippen LogP contribution < -0.4 is 10.2 Å². The number of para-hydroxylation sites is 1. The fourth-order valence-corrected chi connectivity index (χ4v) is 3.77. The number of amides is 1. The van der Waals surface area contributed by atoms with Gasteiger partial charge in [-0.3, -0.25) is 4.79 Å². The molecule has 1 aliphatic rings. The Morgan fingerprint density at radius 2 is 2.11 bits per heavy atom.